The fourth-order valence-electron chi connectivity index (χ4n) is 1.89. The molecule has 0 aliphatic heterocycles. The lowest BCUT2D eigenvalue weighted by molar-refractivity contribution is -0.111. The van der Waals surface area contributed by atoms with Crippen LogP contribution in [0, 0.1) is 5.82 Å². The first-order valence-electron chi connectivity index (χ1n) is 6.75. The van der Waals surface area contributed by atoms with E-state index in [1.807, 2.05) is 0 Å². The van der Waals surface area contributed by atoms with E-state index in [4.69, 9.17) is 9.88 Å². The Morgan fingerprint density at radius 3 is 2.62 bits per heavy atom. The van der Waals surface area contributed by atoms with Crippen molar-refractivity contribution in [1.29, 1.82) is 0 Å². The third-order valence-electron chi connectivity index (χ3n) is 3.03. The van der Waals surface area contributed by atoms with Gasteiger partial charge in [-0.25, -0.2) is 17.9 Å². The number of ether oxygens (including phenoxy) is 1. The Hall–Kier alpha value is -2.71. The molecule has 2 aromatic carbocycles. The average molecular weight is 350 g/mol. The van der Waals surface area contributed by atoms with Crippen molar-refractivity contribution in [2.45, 2.75) is 4.90 Å². The molecular weight excluding hydrogens is 335 g/mol. The van der Waals surface area contributed by atoms with Crippen molar-refractivity contribution in [2.75, 3.05) is 12.4 Å². The Kier molecular flexibility index (Phi) is 5.32. The van der Waals surface area contributed by atoms with Crippen LogP contribution in [0.2, 0.25) is 0 Å². The number of hydrogen-bond donors (Lipinski definition) is 2. The number of carbonyl (C=O) groups excluding carboxylic acids is 1. The van der Waals surface area contributed by atoms with E-state index in [0.717, 1.165) is 0 Å². The van der Waals surface area contributed by atoms with Gasteiger partial charge < -0.3 is 10.1 Å². The maximum absolute atomic E-state index is 13.5. The maximum atomic E-state index is 13.5. The number of rotatable bonds is 5. The smallest absolute Gasteiger partial charge is 0.248 e. The van der Waals surface area contributed by atoms with Gasteiger partial charge >= 0.3 is 0 Å². The monoisotopic (exact) mass is 350 g/mol. The summed E-state index contributed by atoms with van der Waals surface area (Å²) < 4.78 is 40.9. The fraction of sp³-hybridized carbons (Fsp3) is 0.0625. The molecule has 0 aliphatic carbocycles. The third kappa shape index (κ3) is 4.64. The molecule has 0 unspecified atom stereocenters. The summed E-state index contributed by atoms with van der Waals surface area (Å²) in [4.78, 5) is 11.7. The van der Waals surface area contributed by atoms with Crippen molar-refractivity contribution >= 4 is 27.7 Å². The second kappa shape index (κ2) is 7.24. The van der Waals surface area contributed by atoms with Crippen LogP contribution in [-0.4, -0.2) is 21.4 Å². The maximum Gasteiger partial charge on any atom is 0.248 e. The van der Waals surface area contributed by atoms with Crippen molar-refractivity contribution in [1.82, 2.24) is 0 Å². The number of sulfonamides is 1. The van der Waals surface area contributed by atoms with Crippen LogP contribution < -0.4 is 15.2 Å². The molecule has 3 N–H and O–H groups in total. The number of amides is 1. The second-order valence-corrected chi connectivity index (χ2v) is 6.35. The van der Waals surface area contributed by atoms with E-state index < -0.39 is 21.7 Å². The van der Waals surface area contributed by atoms with Gasteiger partial charge in [0.05, 0.1) is 12.0 Å². The summed E-state index contributed by atoms with van der Waals surface area (Å²) in [6, 6.07) is 9.81. The van der Waals surface area contributed by atoms with E-state index in [9.17, 15) is 17.6 Å². The number of carbonyl (C=O) groups is 1. The number of nitrogens with one attached hydrogen (secondary N) is 1. The standard InChI is InChI=1S/C16H15FN2O4S/c1-23-15-7-5-11(9-14(15)17)6-8-16(20)19-12-3-2-4-13(10-12)24(18,21)22/h2-10H,1H3,(H,19,20)(H2,18,21,22). The predicted molar refractivity (Wildman–Crippen MR) is 88.4 cm³/mol. The molecule has 0 fully saturated rings. The molecule has 6 nitrogen and oxygen atoms in total. The normalized spacial score (nSPS) is 11.5. The number of nitrogens with two attached hydrogens (primary N) is 1. The number of primary sulfonamides is 1. The van der Waals surface area contributed by atoms with Crippen LogP contribution in [-0.2, 0) is 14.8 Å². The van der Waals surface area contributed by atoms with Gasteiger partial charge in [-0.05, 0) is 42.0 Å². The Balaban J connectivity index is 2.09. The molecule has 2 aromatic rings. The molecule has 126 valence electrons. The Bertz CT molecular complexity index is 895. The molecule has 0 bridgehead atoms. The van der Waals surface area contributed by atoms with Gasteiger partial charge in [0.15, 0.2) is 11.6 Å². The lowest BCUT2D eigenvalue weighted by Crippen LogP contribution is -2.13. The summed E-state index contributed by atoms with van der Waals surface area (Å²) in [5.41, 5.74) is 0.749. The summed E-state index contributed by atoms with van der Waals surface area (Å²) in [7, 11) is -2.49. The number of hydrogen-bond acceptors (Lipinski definition) is 4. The molecule has 24 heavy (non-hydrogen) atoms. The first-order chi connectivity index (χ1) is 11.3. The lowest BCUT2D eigenvalue weighted by Gasteiger charge is -2.04. The van der Waals surface area contributed by atoms with Crippen LogP contribution in [0.25, 0.3) is 6.08 Å². The predicted octanol–water partition coefficient (Wildman–Crippen LogP) is 2.13. The van der Waals surface area contributed by atoms with Crippen LogP contribution in [0.15, 0.2) is 53.4 Å². The minimum absolute atomic E-state index is 0.108. The first kappa shape index (κ1) is 17.6. The molecule has 0 atom stereocenters. The van der Waals surface area contributed by atoms with E-state index in [-0.39, 0.29) is 16.3 Å². The van der Waals surface area contributed by atoms with E-state index in [1.165, 1.54) is 55.7 Å². The first-order valence-corrected chi connectivity index (χ1v) is 8.30. The summed E-state index contributed by atoms with van der Waals surface area (Å²) in [5.74, 6) is -0.935. The molecule has 0 aliphatic rings. The quantitative estimate of drug-likeness (QED) is 0.807. The molecule has 0 saturated heterocycles. The Labute approximate surface area is 138 Å². The van der Waals surface area contributed by atoms with Gasteiger partial charge in [0.25, 0.3) is 0 Å². The van der Waals surface area contributed by atoms with E-state index in [2.05, 4.69) is 5.32 Å². The zero-order valence-electron chi connectivity index (χ0n) is 12.7. The fourth-order valence-corrected chi connectivity index (χ4v) is 2.45. The summed E-state index contributed by atoms with van der Waals surface area (Å²) >= 11 is 0. The molecule has 1 amide bonds. The highest BCUT2D eigenvalue weighted by Crippen LogP contribution is 2.18. The molecular formula is C16H15FN2O4S. The number of benzene rings is 2. The molecule has 2 rings (SSSR count). The van der Waals surface area contributed by atoms with Crippen molar-refractivity contribution in [3.8, 4) is 5.75 Å². The van der Waals surface area contributed by atoms with Crippen molar-refractivity contribution in [2.24, 2.45) is 5.14 Å². The average Bonchev–Trinajstić information content (AvgIpc) is 2.52. The third-order valence-corrected chi connectivity index (χ3v) is 3.94. The molecule has 0 heterocycles. The summed E-state index contributed by atoms with van der Waals surface area (Å²) in [6.07, 6.45) is 2.62. The largest absolute Gasteiger partial charge is 0.494 e. The van der Waals surface area contributed by atoms with Gasteiger partial charge in [0, 0.05) is 11.8 Å². The topological polar surface area (TPSA) is 98.5 Å². The van der Waals surface area contributed by atoms with Crippen LogP contribution in [0.1, 0.15) is 5.56 Å². The highest BCUT2D eigenvalue weighted by atomic mass is 32.2. The van der Waals surface area contributed by atoms with Crippen molar-refractivity contribution in [3.63, 3.8) is 0 Å². The number of halogens is 1. The van der Waals surface area contributed by atoms with Gasteiger partial charge in [-0.2, -0.15) is 0 Å². The van der Waals surface area contributed by atoms with Crippen LogP contribution >= 0.6 is 0 Å². The number of methoxy groups -OCH3 is 1. The minimum atomic E-state index is -3.85. The van der Waals surface area contributed by atoms with Crippen LogP contribution in [0.3, 0.4) is 0 Å². The van der Waals surface area contributed by atoms with Crippen LogP contribution in [0.4, 0.5) is 10.1 Å². The molecule has 8 heteroatoms. The van der Waals surface area contributed by atoms with Gasteiger partial charge in [0.1, 0.15) is 0 Å². The lowest BCUT2D eigenvalue weighted by atomic mass is 10.2. The zero-order chi connectivity index (χ0) is 17.7. The van der Waals surface area contributed by atoms with Crippen molar-refractivity contribution < 1.29 is 22.3 Å². The van der Waals surface area contributed by atoms with Gasteiger partial charge in [-0.3, -0.25) is 4.79 Å². The van der Waals surface area contributed by atoms with Gasteiger partial charge in [0.2, 0.25) is 15.9 Å². The Morgan fingerprint density at radius 2 is 2.00 bits per heavy atom. The minimum Gasteiger partial charge on any atom is -0.494 e. The molecule has 0 aromatic heterocycles. The molecule has 0 saturated carbocycles. The van der Waals surface area contributed by atoms with E-state index >= 15 is 0 Å². The van der Waals surface area contributed by atoms with Crippen LogP contribution in [0.5, 0.6) is 5.75 Å². The highest BCUT2D eigenvalue weighted by molar-refractivity contribution is 7.89. The SMILES string of the molecule is COc1ccc(C=CC(=O)Nc2cccc(S(N)(=O)=O)c2)cc1F. The zero-order valence-corrected chi connectivity index (χ0v) is 13.5. The summed E-state index contributed by atoms with van der Waals surface area (Å²) in [5, 5.41) is 7.53. The molecule has 0 radical (unpaired) electrons. The van der Waals surface area contributed by atoms with Crippen molar-refractivity contribution in [3.05, 3.63) is 59.9 Å². The Morgan fingerprint density at radius 1 is 1.25 bits per heavy atom. The van der Waals surface area contributed by atoms with E-state index in [0.29, 0.717) is 5.56 Å². The van der Waals surface area contributed by atoms with Gasteiger partial charge in [-0.1, -0.05) is 12.1 Å². The second-order valence-electron chi connectivity index (χ2n) is 4.79. The van der Waals surface area contributed by atoms with E-state index in [1.54, 1.807) is 6.07 Å². The molecule has 0 spiro atoms. The highest BCUT2D eigenvalue weighted by Gasteiger charge is 2.08. The number of anilines is 1. The van der Waals surface area contributed by atoms with Gasteiger partial charge in [-0.15, -0.1) is 0 Å². The summed E-state index contributed by atoms with van der Waals surface area (Å²) in [6.45, 7) is 0.